The Morgan fingerprint density at radius 1 is 1.33 bits per heavy atom. The zero-order valence-corrected chi connectivity index (χ0v) is 9.18. The molecule has 0 atom stereocenters. The van der Waals surface area contributed by atoms with Crippen molar-refractivity contribution in [2.75, 3.05) is 0 Å². The summed E-state index contributed by atoms with van der Waals surface area (Å²) in [7, 11) is 0. The van der Waals surface area contributed by atoms with Crippen LogP contribution in [0.4, 0.5) is 0 Å². The van der Waals surface area contributed by atoms with Crippen LogP contribution in [0.5, 0.6) is 0 Å². The van der Waals surface area contributed by atoms with E-state index in [9.17, 15) is 0 Å². The molecule has 2 aromatic heterocycles. The molecule has 0 bridgehead atoms. The van der Waals surface area contributed by atoms with Crippen LogP contribution in [0.1, 0.15) is 31.4 Å². The van der Waals surface area contributed by atoms with Crippen LogP contribution in [0.15, 0.2) is 24.5 Å². The van der Waals surface area contributed by atoms with E-state index in [-0.39, 0.29) is 0 Å². The van der Waals surface area contributed by atoms with E-state index >= 15 is 0 Å². The molecule has 2 heterocycles. The van der Waals surface area contributed by atoms with Gasteiger partial charge in [0.2, 0.25) is 0 Å². The molecule has 2 aromatic rings. The molecule has 0 aromatic carbocycles. The zero-order chi connectivity index (χ0) is 10.8. The normalized spacial score (nSPS) is 10.9. The van der Waals surface area contributed by atoms with Gasteiger partial charge in [0.05, 0.1) is 11.9 Å². The first-order valence-corrected chi connectivity index (χ1v) is 5.02. The summed E-state index contributed by atoms with van der Waals surface area (Å²) < 4.78 is 1.82. The van der Waals surface area contributed by atoms with Gasteiger partial charge in [-0.3, -0.25) is 4.98 Å². The number of rotatable bonds is 2. The summed E-state index contributed by atoms with van der Waals surface area (Å²) in [5, 5.41) is 4.45. The second-order valence-electron chi connectivity index (χ2n) is 3.79. The Balaban J connectivity index is 2.45. The third-order valence-electron chi connectivity index (χ3n) is 2.19. The van der Waals surface area contributed by atoms with Crippen LogP contribution in [-0.4, -0.2) is 19.7 Å². The zero-order valence-electron chi connectivity index (χ0n) is 9.18. The molecule has 4 nitrogen and oxygen atoms in total. The Bertz CT molecular complexity index is 445. The maximum atomic E-state index is 4.45. The highest BCUT2D eigenvalue weighted by molar-refractivity contribution is 5.27. The third-order valence-corrected chi connectivity index (χ3v) is 2.19. The van der Waals surface area contributed by atoms with Gasteiger partial charge < -0.3 is 0 Å². The maximum absolute atomic E-state index is 4.45. The summed E-state index contributed by atoms with van der Waals surface area (Å²) >= 11 is 0. The number of hydrogen-bond acceptors (Lipinski definition) is 3. The van der Waals surface area contributed by atoms with E-state index in [1.54, 1.807) is 12.4 Å². The van der Waals surface area contributed by atoms with E-state index in [4.69, 9.17) is 0 Å². The Morgan fingerprint density at radius 3 is 2.67 bits per heavy atom. The van der Waals surface area contributed by atoms with Crippen molar-refractivity contribution in [2.45, 2.75) is 26.7 Å². The van der Waals surface area contributed by atoms with Crippen LogP contribution in [0.3, 0.4) is 0 Å². The monoisotopic (exact) mass is 202 g/mol. The fourth-order valence-corrected chi connectivity index (χ4v) is 1.38. The molecule has 0 unspecified atom stereocenters. The smallest absolute Gasteiger partial charge is 0.153 e. The molecular weight excluding hydrogens is 188 g/mol. The van der Waals surface area contributed by atoms with Crippen LogP contribution < -0.4 is 0 Å². The van der Waals surface area contributed by atoms with Gasteiger partial charge in [-0.05, 0) is 19.1 Å². The largest absolute Gasteiger partial charge is 0.262 e. The molecule has 78 valence electrons. The van der Waals surface area contributed by atoms with E-state index in [0.717, 1.165) is 17.3 Å². The standard InChI is InChI=1S/C11H14N4/c1-8(2)11-13-9(3)15(14-11)10-5-4-6-12-7-10/h4-8H,1-3H3. The predicted molar refractivity (Wildman–Crippen MR) is 58.0 cm³/mol. The molecule has 0 saturated heterocycles. The molecule has 15 heavy (non-hydrogen) atoms. The molecule has 0 saturated carbocycles. The number of aromatic nitrogens is 4. The van der Waals surface area contributed by atoms with Crippen molar-refractivity contribution in [3.63, 3.8) is 0 Å². The average molecular weight is 202 g/mol. The number of aryl methyl sites for hydroxylation is 1. The third kappa shape index (κ3) is 1.88. The van der Waals surface area contributed by atoms with Crippen LogP contribution in [0.25, 0.3) is 5.69 Å². The van der Waals surface area contributed by atoms with Crippen molar-refractivity contribution < 1.29 is 0 Å². The first-order chi connectivity index (χ1) is 7.18. The first-order valence-electron chi connectivity index (χ1n) is 5.02. The van der Waals surface area contributed by atoms with Gasteiger partial charge in [0.15, 0.2) is 5.82 Å². The lowest BCUT2D eigenvalue weighted by atomic mass is 10.2. The van der Waals surface area contributed by atoms with E-state index in [0.29, 0.717) is 5.92 Å². The van der Waals surface area contributed by atoms with Gasteiger partial charge in [-0.1, -0.05) is 13.8 Å². The van der Waals surface area contributed by atoms with Crippen LogP contribution in [-0.2, 0) is 0 Å². The van der Waals surface area contributed by atoms with Gasteiger partial charge in [0.1, 0.15) is 5.82 Å². The van der Waals surface area contributed by atoms with Crippen molar-refractivity contribution in [3.05, 3.63) is 36.2 Å². The molecule has 0 amide bonds. The molecule has 0 radical (unpaired) electrons. The fraction of sp³-hybridized carbons (Fsp3) is 0.364. The molecule has 0 fully saturated rings. The van der Waals surface area contributed by atoms with Gasteiger partial charge in [-0.25, -0.2) is 9.67 Å². The number of hydrogen-bond donors (Lipinski definition) is 0. The van der Waals surface area contributed by atoms with Crippen LogP contribution in [0, 0.1) is 6.92 Å². The summed E-state index contributed by atoms with van der Waals surface area (Å²) in [5.41, 5.74) is 0.953. The van der Waals surface area contributed by atoms with Gasteiger partial charge in [0, 0.05) is 12.1 Å². The van der Waals surface area contributed by atoms with Crippen molar-refractivity contribution >= 4 is 0 Å². The minimum atomic E-state index is 0.349. The SMILES string of the molecule is Cc1nc(C(C)C)nn1-c1cccnc1. The van der Waals surface area contributed by atoms with Gasteiger partial charge >= 0.3 is 0 Å². The predicted octanol–water partition coefficient (Wildman–Crippen LogP) is 2.09. The first kappa shape index (κ1) is 9.83. The lowest BCUT2D eigenvalue weighted by molar-refractivity contribution is 0.750. The molecule has 0 N–H and O–H groups in total. The second kappa shape index (κ2) is 3.81. The number of nitrogens with zero attached hydrogens (tertiary/aromatic N) is 4. The summed E-state index contributed by atoms with van der Waals surface area (Å²) in [6.45, 7) is 6.12. The van der Waals surface area contributed by atoms with Crippen molar-refractivity contribution in [1.29, 1.82) is 0 Å². The van der Waals surface area contributed by atoms with E-state index in [2.05, 4.69) is 28.9 Å². The summed E-state index contributed by atoms with van der Waals surface area (Å²) in [6, 6.07) is 3.87. The van der Waals surface area contributed by atoms with E-state index < -0.39 is 0 Å². The molecule has 0 aliphatic carbocycles. The van der Waals surface area contributed by atoms with Crippen molar-refractivity contribution in [3.8, 4) is 5.69 Å². The van der Waals surface area contributed by atoms with Crippen molar-refractivity contribution in [1.82, 2.24) is 19.7 Å². The Hall–Kier alpha value is -1.71. The second-order valence-corrected chi connectivity index (χ2v) is 3.79. The van der Waals surface area contributed by atoms with E-state index in [1.165, 1.54) is 0 Å². The molecule has 0 aliphatic rings. The molecular formula is C11H14N4. The maximum Gasteiger partial charge on any atom is 0.153 e. The summed E-state index contributed by atoms with van der Waals surface area (Å²) in [4.78, 5) is 8.48. The Morgan fingerprint density at radius 2 is 2.13 bits per heavy atom. The minimum absolute atomic E-state index is 0.349. The topological polar surface area (TPSA) is 43.6 Å². The van der Waals surface area contributed by atoms with Gasteiger partial charge in [-0.15, -0.1) is 0 Å². The molecule has 4 heteroatoms. The fourth-order valence-electron chi connectivity index (χ4n) is 1.38. The average Bonchev–Trinajstić information content (AvgIpc) is 2.62. The molecule has 0 spiro atoms. The quantitative estimate of drug-likeness (QED) is 0.749. The highest BCUT2D eigenvalue weighted by atomic mass is 15.4. The Kier molecular flexibility index (Phi) is 2.49. The van der Waals surface area contributed by atoms with E-state index in [1.807, 2.05) is 23.7 Å². The lowest BCUT2D eigenvalue weighted by Gasteiger charge is -2.00. The van der Waals surface area contributed by atoms with Gasteiger partial charge in [0.25, 0.3) is 0 Å². The van der Waals surface area contributed by atoms with Crippen molar-refractivity contribution in [2.24, 2.45) is 0 Å². The lowest BCUT2D eigenvalue weighted by Crippen LogP contribution is -2.00. The summed E-state index contributed by atoms with van der Waals surface area (Å²) in [5.74, 6) is 2.12. The van der Waals surface area contributed by atoms with Crippen LogP contribution in [0.2, 0.25) is 0 Å². The van der Waals surface area contributed by atoms with Crippen LogP contribution >= 0.6 is 0 Å². The Labute approximate surface area is 89.0 Å². The summed E-state index contributed by atoms with van der Waals surface area (Å²) in [6.07, 6.45) is 3.53. The minimum Gasteiger partial charge on any atom is -0.262 e. The van der Waals surface area contributed by atoms with Gasteiger partial charge in [-0.2, -0.15) is 5.10 Å². The molecule has 2 rings (SSSR count). The molecule has 0 aliphatic heterocycles. The highest BCUT2D eigenvalue weighted by Gasteiger charge is 2.10. The number of pyridine rings is 1. The highest BCUT2D eigenvalue weighted by Crippen LogP contribution is 2.13.